The summed E-state index contributed by atoms with van der Waals surface area (Å²) in [6, 6.07) is 3.78. The molecule has 2 aromatic heterocycles. The van der Waals surface area contributed by atoms with Gasteiger partial charge in [0, 0.05) is 43.7 Å². The minimum Gasteiger partial charge on any atom is -0.381 e. The summed E-state index contributed by atoms with van der Waals surface area (Å²) in [6.07, 6.45) is 1.59. The van der Waals surface area contributed by atoms with Gasteiger partial charge in [-0.25, -0.2) is 0 Å². The Kier molecular flexibility index (Phi) is 5.03. The number of carbonyl (C=O) groups is 2. The quantitative estimate of drug-likeness (QED) is 0.889. The Morgan fingerprint density at radius 2 is 2.08 bits per heavy atom. The molecule has 4 heterocycles. The van der Waals surface area contributed by atoms with Crippen LogP contribution in [0.4, 0.5) is 0 Å². The van der Waals surface area contributed by atoms with Crippen LogP contribution in [0.1, 0.15) is 23.3 Å². The molecule has 1 unspecified atom stereocenters. The second-order valence-corrected chi connectivity index (χ2v) is 7.49. The minimum atomic E-state index is -0.0579. The monoisotopic (exact) mass is 374 g/mol. The maximum atomic E-state index is 12.8. The average molecular weight is 374 g/mol. The highest BCUT2D eigenvalue weighted by Crippen LogP contribution is 2.21. The summed E-state index contributed by atoms with van der Waals surface area (Å²) in [4.78, 5) is 29.1. The van der Waals surface area contributed by atoms with E-state index in [-0.39, 0.29) is 17.7 Å². The molecule has 2 aliphatic heterocycles. The van der Waals surface area contributed by atoms with E-state index in [0.717, 1.165) is 24.1 Å². The van der Waals surface area contributed by atoms with E-state index in [1.165, 1.54) is 0 Å². The molecule has 2 aliphatic rings. The SMILES string of the molecule is O=C(c1cc(-c2ccsc2)n[nH]1)N1CCCN(C(=O)C2CCOC2)CC1. The molecule has 2 amide bonds. The largest absolute Gasteiger partial charge is 0.381 e. The second-order valence-electron chi connectivity index (χ2n) is 6.71. The summed E-state index contributed by atoms with van der Waals surface area (Å²) in [5.41, 5.74) is 2.29. The first-order chi connectivity index (χ1) is 12.7. The summed E-state index contributed by atoms with van der Waals surface area (Å²) in [5, 5.41) is 11.1. The van der Waals surface area contributed by atoms with Gasteiger partial charge in [-0.05, 0) is 30.4 Å². The molecule has 2 saturated heterocycles. The van der Waals surface area contributed by atoms with Gasteiger partial charge in [0.15, 0.2) is 0 Å². The topological polar surface area (TPSA) is 78.5 Å². The summed E-state index contributed by atoms with van der Waals surface area (Å²) in [6.45, 7) is 3.66. The third-order valence-corrected chi connectivity index (χ3v) is 5.68. The van der Waals surface area contributed by atoms with E-state index in [4.69, 9.17) is 4.74 Å². The number of nitrogens with zero attached hydrogens (tertiary/aromatic N) is 3. The number of H-pyrrole nitrogens is 1. The van der Waals surface area contributed by atoms with E-state index in [1.807, 2.05) is 26.6 Å². The van der Waals surface area contributed by atoms with Crippen LogP contribution in [0.5, 0.6) is 0 Å². The number of amides is 2. The Balaban J connectivity index is 1.39. The first kappa shape index (κ1) is 17.2. The third-order valence-electron chi connectivity index (χ3n) is 5.00. The molecule has 1 N–H and O–H groups in total. The van der Waals surface area contributed by atoms with Crippen LogP contribution in [-0.2, 0) is 9.53 Å². The maximum absolute atomic E-state index is 12.8. The Morgan fingerprint density at radius 3 is 2.85 bits per heavy atom. The first-order valence-corrected chi connectivity index (χ1v) is 9.90. The number of aromatic amines is 1. The number of carbonyl (C=O) groups excluding carboxylic acids is 2. The van der Waals surface area contributed by atoms with Gasteiger partial charge >= 0.3 is 0 Å². The number of hydrogen-bond donors (Lipinski definition) is 1. The lowest BCUT2D eigenvalue weighted by Crippen LogP contribution is -2.40. The van der Waals surface area contributed by atoms with E-state index in [2.05, 4.69) is 10.2 Å². The van der Waals surface area contributed by atoms with Crippen molar-refractivity contribution in [2.45, 2.75) is 12.8 Å². The van der Waals surface area contributed by atoms with Crippen LogP contribution in [0.3, 0.4) is 0 Å². The van der Waals surface area contributed by atoms with Crippen LogP contribution in [-0.4, -0.2) is 71.2 Å². The van der Waals surface area contributed by atoms with Gasteiger partial charge in [-0.15, -0.1) is 0 Å². The highest BCUT2D eigenvalue weighted by molar-refractivity contribution is 7.08. The zero-order chi connectivity index (χ0) is 17.9. The van der Waals surface area contributed by atoms with Gasteiger partial charge in [0.25, 0.3) is 5.91 Å². The van der Waals surface area contributed by atoms with E-state index >= 15 is 0 Å². The summed E-state index contributed by atoms with van der Waals surface area (Å²) < 4.78 is 5.33. The van der Waals surface area contributed by atoms with Gasteiger partial charge in [0.2, 0.25) is 5.91 Å². The van der Waals surface area contributed by atoms with Crippen LogP contribution < -0.4 is 0 Å². The van der Waals surface area contributed by atoms with Crippen molar-refractivity contribution in [3.63, 3.8) is 0 Å². The number of nitrogens with one attached hydrogen (secondary N) is 1. The van der Waals surface area contributed by atoms with Crippen LogP contribution in [0, 0.1) is 5.92 Å². The molecule has 0 aromatic carbocycles. The lowest BCUT2D eigenvalue weighted by atomic mass is 10.1. The van der Waals surface area contributed by atoms with E-state index in [0.29, 0.717) is 45.1 Å². The number of aromatic nitrogens is 2. The molecule has 0 bridgehead atoms. The average Bonchev–Trinajstić information content (AvgIpc) is 3.39. The minimum absolute atomic E-state index is 0.0157. The van der Waals surface area contributed by atoms with Crippen molar-refractivity contribution < 1.29 is 14.3 Å². The smallest absolute Gasteiger partial charge is 0.271 e. The maximum Gasteiger partial charge on any atom is 0.271 e. The molecule has 2 fully saturated rings. The molecule has 0 radical (unpaired) electrons. The normalized spacial score (nSPS) is 21.0. The molecular formula is C18H22N4O3S. The highest BCUT2D eigenvalue weighted by atomic mass is 32.1. The fourth-order valence-corrected chi connectivity index (χ4v) is 4.14. The summed E-state index contributed by atoms with van der Waals surface area (Å²) in [7, 11) is 0. The molecule has 138 valence electrons. The van der Waals surface area contributed by atoms with Crippen molar-refractivity contribution >= 4 is 23.2 Å². The fraction of sp³-hybridized carbons (Fsp3) is 0.500. The molecule has 0 saturated carbocycles. The predicted molar refractivity (Wildman–Crippen MR) is 97.9 cm³/mol. The van der Waals surface area contributed by atoms with Crippen LogP contribution >= 0.6 is 11.3 Å². The van der Waals surface area contributed by atoms with Crippen molar-refractivity contribution in [3.8, 4) is 11.3 Å². The molecule has 8 heteroatoms. The van der Waals surface area contributed by atoms with Gasteiger partial charge < -0.3 is 14.5 Å². The number of rotatable bonds is 3. The van der Waals surface area contributed by atoms with Crippen molar-refractivity contribution in [2.75, 3.05) is 39.4 Å². The zero-order valence-corrected chi connectivity index (χ0v) is 15.3. The lowest BCUT2D eigenvalue weighted by molar-refractivity contribution is -0.135. The highest BCUT2D eigenvalue weighted by Gasteiger charge is 2.30. The van der Waals surface area contributed by atoms with Crippen LogP contribution in [0.2, 0.25) is 0 Å². The van der Waals surface area contributed by atoms with Gasteiger partial charge in [-0.3, -0.25) is 14.7 Å². The first-order valence-electron chi connectivity index (χ1n) is 8.96. The molecule has 0 spiro atoms. The number of ether oxygens (including phenoxy) is 1. The number of thiophene rings is 1. The van der Waals surface area contributed by atoms with E-state index < -0.39 is 0 Å². The van der Waals surface area contributed by atoms with Crippen LogP contribution in [0.25, 0.3) is 11.3 Å². The Bertz CT molecular complexity index is 767. The van der Waals surface area contributed by atoms with E-state index in [9.17, 15) is 9.59 Å². The van der Waals surface area contributed by atoms with Gasteiger partial charge in [0.05, 0.1) is 18.2 Å². The Morgan fingerprint density at radius 1 is 1.23 bits per heavy atom. The second kappa shape index (κ2) is 7.59. The summed E-state index contributed by atoms with van der Waals surface area (Å²) in [5.74, 6) is 0.0913. The van der Waals surface area contributed by atoms with Crippen molar-refractivity contribution in [1.29, 1.82) is 0 Å². The molecule has 2 aromatic rings. The Hall–Kier alpha value is -2.19. The zero-order valence-electron chi connectivity index (χ0n) is 14.5. The Labute approximate surface area is 155 Å². The fourth-order valence-electron chi connectivity index (χ4n) is 3.49. The van der Waals surface area contributed by atoms with Crippen molar-refractivity contribution in [2.24, 2.45) is 5.92 Å². The molecular weight excluding hydrogens is 352 g/mol. The van der Waals surface area contributed by atoms with E-state index in [1.54, 1.807) is 17.4 Å². The third kappa shape index (κ3) is 3.52. The lowest BCUT2D eigenvalue weighted by Gasteiger charge is -2.23. The van der Waals surface area contributed by atoms with Crippen molar-refractivity contribution in [3.05, 3.63) is 28.6 Å². The van der Waals surface area contributed by atoms with Gasteiger partial charge in [-0.2, -0.15) is 16.4 Å². The standard InChI is InChI=1S/C18H22N4O3S/c23-17(13-2-8-25-11-13)21-4-1-5-22(7-6-21)18(24)16-10-15(19-20-16)14-3-9-26-12-14/h3,9-10,12-13H,1-2,4-8,11H2,(H,19,20). The molecule has 0 aliphatic carbocycles. The predicted octanol–water partition coefficient (Wildman–Crippen LogP) is 1.85. The summed E-state index contributed by atoms with van der Waals surface area (Å²) >= 11 is 1.60. The van der Waals surface area contributed by atoms with Crippen LogP contribution in [0.15, 0.2) is 22.9 Å². The number of hydrogen-bond acceptors (Lipinski definition) is 5. The molecule has 7 nitrogen and oxygen atoms in total. The van der Waals surface area contributed by atoms with Crippen molar-refractivity contribution in [1.82, 2.24) is 20.0 Å². The van der Waals surface area contributed by atoms with Gasteiger partial charge in [0.1, 0.15) is 5.69 Å². The van der Waals surface area contributed by atoms with Gasteiger partial charge in [-0.1, -0.05) is 0 Å². The molecule has 4 rings (SSSR count). The molecule has 1 atom stereocenters. The molecule has 26 heavy (non-hydrogen) atoms.